The minimum absolute atomic E-state index is 0.112. The first-order chi connectivity index (χ1) is 15.5. The number of hydrogen-bond acceptors (Lipinski definition) is 6. The topological polar surface area (TPSA) is 98.5 Å². The van der Waals surface area contributed by atoms with Crippen LogP contribution >= 0.6 is 0 Å². The molecule has 0 fully saturated rings. The molecular weight excluding hydrogens is 408 g/mol. The van der Waals surface area contributed by atoms with E-state index in [1.165, 1.54) is 13.2 Å². The van der Waals surface area contributed by atoms with Crippen molar-refractivity contribution in [2.75, 3.05) is 19.5 Å². The Morgan fingerprint density at radius 1 is 1.19 bits per heavy atom. The van der Waals surface area contributed by atoms with Crippen LogP contribution in [0.25, 0.3) is 17.1 Å². The summed E-state index contributed by atoms with van der Waals surface area (Å²) in [5.41, 5.74) is 3.45. The number of aryl methyl sites for hydroxylation is 1. The fourth-order valence-corrected chi connectivity index (χ4v) is 3.56. The highest BCUT2D eigenvalue weighted by molar-refractivity contribution is 5.92. The summed E-state index contributed by atoms with van der Waals surface area (Å²) in [5.74, 6) is 0.614. The fourth-order valence-electron chi connectivity index (χ4n) is 3.56. The van der Waals surface area contributed by atoms with Gasteiger partial charge >= 0.3 is 5.97 Å². The summed E-state index contributed by atoms with van der Waals surface area (Å²) in [6, 6.07) is 15.5. The number of pyridine rings is 1. The van der Waals surface area contributed by atoms with Crippen LogP contribution < -0.4 is 5.32 Å². The average molecular weight is 432 g/mol. The van der Waals surface area contributed by atoms with Crippen LogP contribution in [0.1, 0.15) is 12.0 Å². The number of anilines is 1. The van der Waals surface area contributed by atoms with Crippen LogP contribution in [0.15, 0.2) is 77.8 Å². The number of nitrogens with one attached hydrogen (secondary N) is 1. The van der Waals surface area contributed by atoms with Crippen molar-refractivity contribution in [1.82, 2.24) is 14.8 Å². The van der Waals surface area contributed by atoms with Crippen LogP contribution in [0.3, 0.4) is 0 Å². The number of hydrogen-bond donors (Lipinski definition) is 2. The van der Waals surface area contributed by atoms with Gasteiger partial charge in [0, 0.05) is 37.1 Å². The van der Waals surface area contributed by atoms with Gasteiger partial charge in [0.1, 0.15) is 17.7 Å². The van der Waals surface area contributed by atoms with E-state index in [9.17, 15) is 9.90 Å². The molecule has 0 radical (unpaired) electrons. The molecule has 1 aliphatic rings. The molecule has 1 unspecified atom stereocenters. The second-order valence-corrected chi connectivity index (χ2v) is 7.38. The molecule has 2 N–H and O–H groups in total. The predicted octanol–water partition coefficient (Wildman–Crippen LogP) is 3.94. The number of methoxy groups -OCH3 is 2. The molecule has 0 amide bonds. The van der Waals surface area contributed by atoms with E-state index in [-0.39, 0.29) is 5.57 Å². The highest BCUT2D eigenvalue weighted by Gasteiger charge is 2.28. The number of carboxylic acid groups (broad SMARTS) is 1. The zero-order valence-corrected chi connectivity index (χ0v) is 18.1. The molecule has 1 aliphatic carbocycles. The smallest absolute Gasteiger partial charge is 0.337 e. The van der Waals surface area contributed by atoms with E-state index in [0.717, 1.165) is 16.8 Å². The van der Waals surface area contributed by atoms with Crippen LogP contribution in [0.4, 0.5) is 5.82 Å². The summed E-state index contributed by atoms with van der Waals surface area (Å²) in [4.78, 5) is 16.4. The third-order valence-corrected chi connectivity index (χ3v) is 5.27. The lowest BCUT2D eigenvalue weighted by atomic mass is 9.99. The van der Waals surface area contributed by atoms with Crippen molar-refractivity contribution in [3.05, 3.63) is 83.4 Å². The molecule has 2 aromatic heterocycles. The van der Waals surface area contributed by atoms with Gasteiger partial charge in [-0.25, -0.2) is 9.78 Å². The quantitative estimate of drug-likeness (QED) is 0.583. The Labute approximate surface area is 185 Å². The van der Waals surface area contributed by atoms with Crippen LogP contribution in [0.2, 0.25) is 0 Å². The lowest BCUT2D eigenvalue weighted by Crippen LogP contribution is -2.25. The molecule has 0 aliphatic heterocycles. The minimum Gasteiger partial charge on any atom is -0.498 e. The molecular formula is C24H24N4O4. The largest absolute Gasteiger partial charge is 0.498 e. The zero-order chi connectivity index (χ0) is 22.7. The van der Waals surface area contributed by atoms with Gasteiger partial charge < -0.3 is 19.9 Å². The van der Waals surface area contributed by atoms with Crippen molar-refractivity contribution >= 4 is 11.8 Å². The van der Waals surface area contributed by atoms with Crippen LogP contribution in [-0.4, -0.2) is 46.2 Å². The molecule has 32 heavy (non-hydrogen) atoms. The van der Waals surface area contributed by atoms with Crippen molar-refractivity contribution in [1.29, 1.82) is 0 Å². The molecule has 0 bridgehead atoms. The number of aliphatic carboxylic acids is 1. The van der Waals surface area contributed by atoms with Gasteiger partial charge in [-0.3, -0.25) is 0 Å². The maximum Gasteiger partial charge on any atom is 0.337 e. The molecule has 8 nitrogen and oxygen atoms in total. The minimum atomic E-state index is -1.06. The molecule has 0 spiro atoms. The summed E-state index contributed by atoms with van der Waals surface area (Å²) < 4.78 is 12.5. The first kappa shape index (κ1) is 21.3. The van der Waals surface area contributed by atoms with E-state index in [1.807, 2.05) is 55.5 Å². The number of ether oxygens (including phenoxy) is 2. The summed E-state index contributed by atoms with van der Waals surface area (Å²) >= 11 is 0. The number of carboxylic acids is 1. The van der Waals surface area contributed by atoms with E-state index in [2.05, 4.69) is 10.3 Å². The highest BCUT2D eigenvalue weighted by Crippen LogP contribution is 2.31. The Balaban J connectivity index is 1.80. The van der Waals surface area contributed by atoms with E-state index >= 15 is 0 Å². The second kappa shape index (κ2) is 9.07. The number of benzene rings is 1. The fraction of sp³-hybridized carbons (Fsp3) is 0.208. The SMILES string of the molecule is COC1=CC(C(=O)O)=C(Nc2cc(-c3ccc(C)cc3)nn2-c2ccccn2)CC1OC. The summed E-state index contributed by atoms with van der Waals surface area (Å²) in [6.45, 7) is 2.03. The van der Waals surface area contributed by atoms with E-state index in [0.29, 0.717) is 29.5 Å². The third-order valence-electron chi connectivity index (χ3n) is 5.27. The standard InChI is InChI=1S/C24H24N4O4/c1-15-7-9-16(10-8-15)18-14-23(28(27-18)22-6-4-5-11-25-22)26-19-13-21(32-3)20(31-2)12-17(19)24(29)30/h4-12,14,21,26H,13H2,1-3H3,(H,29,30). The van der Waals surface area contributed by atoms with Gasteiger partial charge in [0.25, 0.3) is 0 Å². The molecule has 8 heteroatoms. The Morgan fingerprint density at radius 3 is 2.59 bits per heavy atom. The predicted molar refractivity (Wildman–Crippen MR) is 120 cm³/mol. The molecule has 1 aromatic carbocycles. The first-order valence-electron chi connectivity index (χ1n) is 10.1. The zero-order valence-electron chi connectivity index (χ0n) is 18.1. The summed E-state index contributed by atoms with van der Waals surface area (Å²) in [5, 5.41) is 17.8. The van der Waals surface area contributed by atoms with Gasteiger partial charge in [0.15, 0.2) is 5.82 Å². The maximum atomic E-state index is 12.0. The van der Waals surface area contributed by atoms with Crippen LogP contribution in [0.5, 0.6) is 0 Å². The van der Waals surface area contributed by atoms with E-state index < -0.39 is 12.1 Å². The Bertz CT molecular complexity index is 1180. The van der Waals surface area contributed by atoms with Crippen molar-refractivity contribution in [2.45, 2.75) is 19.4 Å². The number of nitrogens with zero attached hydrogens (tertiary/aromatic N) is 3. The third kappa shape index (κ3) is 4.26. The Hall–Kier alpha value is -3.91. The molecule has 1 atom stereocenters. The molecule has 0 saturated heterocycles. The molecule has 4 rings (SSSR count). The second-order valence-electron chi connectivity index (χ2n) is 7.38. The van der Waals surface area contributed by atoms with E-state index in [1.54, 1.807) is 18.0 Å². The number of aromatic nitrogens is 3. The van der Waals surface area contributed by atoms with Crippen molar-refractivity contribution in [2.24, 2.45) is 0 Å². The van der Waals surface area contributed by atoms with Crippen molar-refractivity contribution in [3.63, 3.8) is 0 Å². The molecule has 0 saturated carbocycles. The molecule has 2 heterocycles. The highest BCUT2D eigenvalue weighted by atomic mass is 16.5. The van der Waals surface area contributed by atoms with Gasteiger partial charge in [0.05, 0.1) is 18.4 Å². The van der Waals surface area contributed by atoms with Crippen molar-refractivity contribution < 1.29 is 19.4 Å². The monoisotopic (exact) mass is 432 g/mol. The first-order valence-corrected chi connectivity index (χ1v) is 10.1. The van der Waals surface area contributed by atoms with Gasteiger partial charge in [-0.1, -0.05) is 35.9 Å². The molecule has 164 valence electrons. The van der Waals surface area contributed by atoms with Gasteiger partial charge in [-0.05, 0) is 25.1 Å². The summed E-state index contributed by atoms with van der Waals surface area (Å²) in [7, 11) is 3.06. The van der Waals surface area contributed by atoms with Crippen LogP contribution in [-0.2, 0) is 14.3 Å². The van der Waals surface area contributed by atoms with Crippen molar-refractivity contribution in [3.8, 4) is 17.1 Å². The Morgan fingerprint density at radius 2 is 1.97 bits per heavy atom. The summed E-state index contributed by atoms with van der Waals surface area (Å²) in [6.07, 6.45) is 3.09. The lowest BCUT2D eigenvalue weighted by Gasteiger charge is -2.25. The number of rotatable bonds is 7. The van der Waals surface area contributed by atoms with Crippen LogP contribution in [0, 0.1) is 6.92 Å². The molecule has 3 aromatic rings. The van der Waals surface area contributed by atoms with Gasteiger partial charge in [-0.2, -0.15) is 9.78 Å². The Kier molecular flexibility index (Phi) is 6.04. The van der Waals surface area contributed by atoms with Gasteiger partial charge in [0.2, 0.25) is 0 Å². The maximum absolute atomic E-state index is 12.0. The number of carbonyl (C=O) groups is 1. The van der Waals surface area contributed by atoms with Gasteiger partial charge in [-0.15, -0.1) is 0 Å². The lowest BCUT2D eigenvalue weighted by molar-refractivity contribution is -0.132. The normalized spacial score (nSPS) is 16.0. The van der Waals surface area contributed by atoms with E-state index in [4.69, 9.17) is 14.6 Å². The average Bonchev–Trinajstić information content (AvgIpc) is 3.23.